The first-order chi connectivity index (χ1) is 6.29. The van der Waals surface area contributed by atoms with E-state index in [0.29, 0.717) is 18.2 Å². The van der Waals surface area contributed by atoms with Gasteiger partial charge in [-0.2, -0.15) is 5.48 Å². The molecule has 13 heavy (non-hydrogen) atoms. The van der Waals surface area contributed by atoms with E-state index in [9.17, 15) is 0 Å². The summed E-state index contributed by atoms with van der Waals surface area (Å²) < 4.78 is 0. The molecule has 2 nitrogen and oxygen atoms in total. The minimum atomic E-state index is 0.467. The first-order valence-corrected chi connectivity index (χ1v) is 4.38. The van der Waals surface area contributed by atoms with Crippen molar-refractivity contribution < 1.29 is 4.84 Å². The highest BCUT2D eigenvalue weighted by molar-refractivity contribution is 6.29. The van der Waals surface area contributed by atoms with E-state index in [-0.39, 0.29) is 0 Å². The molecule has 0 aliphatic rings. The van der Waals surface area contributed by atoms with E-state index in [1.54, 1.807) is 0 Å². The van der Waals surface area contributed by atoms with Gasteiger partial charge in [0.2, 0.25) is 0 Å². The Labute approximate surface area is 83.1 Å². The molecule has 0 unspecified atom stereocenters. The van der Waals surface area contributed by atoms with Crippen molar-refractivity contribution in [1.29, 1.82) is 0 Å². The monoisotopic (exact) mass is 197 g/mol. The normalized spacial score (nSPS) is 9.92. The van der Waals surface area contributed by atoms with Crippen molar-refractivity contribution >= 4 is 11.6 Å². The third-order valence-electron chi connectivity index (χ3n) is 1.45. The third kappa shape index (κ3) is 4.68. The average Bonchev–Trinajstić information content (AvgIpc) is 2.14. The fourth-order valence-corrected chi connectivity index (χ4v) is 0.892. The van der Waals surface area contributed by atoms with Gasteiger partial charge < -0.3 is 0 Å². The van der Waals surface area contributed by atoms with Gasteiger partial charge in [-0.1, -0.05) is 48.5 Å². The number of rotatable bonds is 5. The average molecular weight is 198 g/mol. The van der Waals surface area contributed by atoms with Crippen molar-refractivity contribution in [2.24, 2.45) is 0 Å². The Hall–Kier alpha value is -0.830. The van der Waals surface area contributed by atoms with E-state index in [0.717, 1.165) is 5.56 Å². The molecule has 1 rings (SSSR count). The third-order valence-corrected chi connectivity index (χ3v) is 1.58. The van der Waals surface area contributed by atoms with Crippen LogP contribution < -0.4 is 5.48 Å². The fourth-order valence-electron chi connectivity index (χ4n) is 0.838. The lowest BCUT2D eigenvalue weighted by molar-refractivity contribution is 0.0346. The topological polar surface area (TPSA) is 21.3 Å². The van der Waals surface area contributed by atoms with Gasteiger partial charge in [0, 0.05) is 5.03 Å². The molecular weight excluding hydrogens is 186 g/mol. The summed E-state index contributed by atoms with van der Waals surface area (Å²) in [6.07, 6.45) is 0. The Kier molecular flexibility index (Phi) is 4.54. The van der Waals surface area contributed by atoms with Crippen LogP contribution in [-0.2, 0) is 11.4 Å². The zero-order valence-corrected chi connectivity index (χ0v) is 8.05. The van der Waals surface area contributed by atoms with Crippen LogP contribution in [0.25, 0.3) is 0 Å². The van der Waals surface area contributed by atoms with Crippen LogP contribution in [0.4, 0.5) is 0 Å². The van der Waals surface area contributed by atoms with Gasteiger partial charge in [-0.05, 0) is 5.56 Å². The maximum Gasteiger partial charge on any atom is 0.0933 e. The van der Waals surface area contributed by atoms with Gasteiger partial charge in [-0.15, -0.1) is 0 Å². The molecule has 1 aromatic rings. The molecule has 0 heterocycles. The fraction of sp³-hybridized carbons (Fsp3) is 0.200. The van der Waals surface area contributed by atoms with Crippen LogP contribution in [-0.4, -0.2) is 6.54 Å². The van der Waals surface area contributed by atoms with Crippen LogP contribution in [0.2, 0.25) is 0 Å². The van der Waals surface area contributed by atoms with E-state index >= 15 is 0 Å². The summed E-state index contributed by atoms with van der Waals surface area (Å²) in [5.41, 5.74) is 3.82. The van der Waals surface area contributed by atoms with E-state index in [2.05, 4.69) is 12.1 Å². The van der Waals surface area contributed by atoms with Crippen molar-refractivity contribution in [3.8, 4) is 0 Å². The highest BCUT2D eigenvalue weighted by Crippen LogP contribution is 1.99. The van der Waals surface area contributed by atoms with Crippen LogP contribution in [0.15, 0.2) is 41.9 Å². The smallest absolute Gasteiger partial charge is 0.0933 e. The maximum atomic E-state index is 5.52. The Bertz CT molecular complexity index is 261. The summed E-state index contributed by atoms with van der Waals surface area (Å²) in [4.78, 5) is 5.14. The van der Waals surface area contributed by atoms with Gasteiger partial charge in [-0.25, -0.2) is 0 Å². The van der Waals surface area contributed by atoms with E-state index in [4.69, 9.17) is 16.4 Å². The number of benzene rings is 1. The molecule has 0 bridgehead atoms. The molecule has 0 fully saturated rings. The molecule has 0 saturated heterocycles. The number of halogens is 1. The zero-order chi connectivity index (χ0) is 9.52. The number of nitrogens with one attached hydrogen (secondary N) is 1. The molecule has 0 saturated carbocycles. The highest BCUT2D eigenvalue weighted by Gasteiger charge is 1.91. The maximum absolute atomic E-state index is 5.52. The summed E-state index contributed by atoms with van der Waals surface area (Å²) in [5, 5.41) is 0.535. The Morgan fingerprint density at radius 1 is 1.38 bits per heavy atom. The van der Waals surface area contributed by atoms with Crippen LogP contribution in [0.5, 0.6) is 0 Å². The first-order valence-electron chi connectivity index (χ1n) is 4.01. The molecule has 0 atom stereocenters. The summed E-state index contributed by atoms with van der Waals surface area (Å²) in [6.45, 7) is 4.52. The van der Waals surface area contributed by atoms with Gasteiger partial charge in [0.25, 0.3) is 0 Å². The Morgan fingerprint density at radius 3 is 2.69 bits per heavy atom. The van der Waals surface area contributed by atoms with Crippen molar-refractivity contribution in [2.75, 3.05) is 6.54 Å². The Balaban J connectivity index is 2.17. The zero-order valence-electron chi connectivity index (χ0n) is 7.29. The molecule has 70 valence electrons. The minimum Gasteiger partial charge on any atom is -0.297 e. The van der Waals surface area contributed by atoms with Gasteiger partial charge in [0.15, 0.2) is 0 Å². The summed E-state index contributed by atoms with van der Waals surface area (Å²) in [7, 11) is 0. The lowest BCUT2D eigenvalue weighted by Crippen LogP contribution is -2.15. The van der Waals surface area contributed by atoms with Crippen LogP contribution in [0.1, 0.15) is 5.56 Å². The molecule has 0 spiro atoms. The van der Waals surface area contributed by atoms with Crippen molar-refractivity contribution in [3.63, 3.8) is 0 Å². The molecule has 1 N–H and O–H groups in total. The molecule has 0 amide bonds. The first kappa shape index (κ1) is 10.3. The van der Waals surface area contributed by atoms with E-state index < -0.39 is 0 Å². The number of hydrogen-bond donors (Lipinski definition) is 1. The minimum absolute atomic E-state index is 0.467. The summed E-state index contributed by atoms with van der Waals surface area (Å²) in [5.74, 6) is 0. The highest BCUT2D eigenvalue weighted by atomic mass is 35.5. The number of hydrogen-bond acceptors (Lipinski definition) is 2. The standard InChI is InChI=1S/C10H12ClNO/c1-9(11)7-12-13-8-10-5-3-2-4-6-10/h2-6,12H,1,7-8H2. The molecular formula is C10H12ClNO. The van der Waals surface area contributed by atoms with E-state index in [1.165, 1.54) is 0 Å². The molecule has 3 heteroatoms. The summed E-state index contributed by atoms with van der Waals surface area (Å²) in [6, 6.07) is 9.91. The van der Waals surface area contributed by atoms with Gasteiger partial charge in [0.05, 0.1) is 13.2 Å². The second kappa shape index (κ2) is 5.75. The van der Waals surface area contributed by atoms with Gasteiger partial charge in [-0.3, -0.25) is 4.84 Å². The lowest BCUT2D eigenvalue weighted by Gasteiger charge is -2.04. The molecule has 0 aliphatic carbocycles. The van der Waals surface area contributed by atoms with Crippen LogP contribution >= 0.6 is 11.6 Å². The largest absolute Gasteiger partial charge is 0.297 e. The number of hydroxylamine groups is 1. The van der Waals surface area contributed by atoms with Crippen molar-refractivity contribution in [2.45, 2.75) is 6.61 Å². The molecule has 0 aromatic heterocycles. The van der Waals surface area contributed by atoms with Gasteiger partial charge >= 0.3 is 0 Å². The summed E-state index contributed by atoms with van der Waals surface area (Å²) >= 11 is 5.52. The second-order valence-corrected chi connectivity index (χ2v) is 3.15. The van der Waals surface area contributed by atoms with Crippen molar-refractivity contribution in [3.05, 3.63) is 47.5 Å². The Morgan fingerprint density at radius 2 is 2.08 bits per heavy atom. The predicted octanol–water partition coefficient (Wildman–Crippen LogP) is 2.46. The quantitative estimate of drug-likeness (QED) is 0.579. The van der Waals surface area contributed by atoms with Crippen molar-refractivity contribution in [1.82, 2.24) is 5.48 Å². The molecule has 0 aliphatic heterocycles. The van der Waals surface area contributed by atoms with E-state index in [1.807, 2.05) is 30.3 Å². The molecule has 0 radical (unpaired) electrons. The predicted molar refractivity (Wildman–Crippen MR) is 54.2 cm³/mol. The SMILES string of the molecule is C=C(Cl)CNOCc1ccccc1. The van der Waals surface area contributed by atoms with Crippen LogP contribution in [0, 0.1) is 0 Å². The van der Waals surface area contributed by atoms with Crippen LogP contribution in [0.3, 0.4) is 0 Å². The van der Waals surface area contributed by atoms with Gasteiger partial charge in [0.1, 0.15) is 0 Å². The lowest BCUT2D eigenvalue weighted by atomic mass is 10.2. The molecule has 1 aromatic carbocycles. The second-order valence-electron chi connectivity index (χ2n) is 2.61.